The van der Waals surface area contributed by atoms with E-state index in [0.717, 1.165) is 0 Å². The van der Waals surface area contributed by atoms with Crippen molar-refractivity contribution in [2.24, 2.45) is 0 Å². The van der Waals surface area contributed by atoms with Crippen molar-refractivity contribution in [3.05, 3.63) is 35.7 Å². The fraction of sp³-hybridized carbons (Fsp3) is 0.111. The predicted molar refractivity (Wildman–Crippen MR) is 47.0 cm³/mol. The largest absolute Gasteiger partial charge is 0.294 e. The number of carbonyl (C=O) groups is 1. The number of allylic oxidation sites excluding steroid dienone is 1. The lowest BCUT2D eigenvalue weighted by atomic mass is 10.0. The summed E-state index contributed by atoms with van der Waals surface area (Å²) in [6.45, 7) is 0. The number of halogens is 1. The van der Waals surface area contributed by atoms with E-state index >= 15 is 0 Å². The average molecular weight is 180 g/mol. The Hall–Kier alpha value is -1.15. The van der Waals surface area contributed by atoms with Crippen LogP contribution >= 0.6 is 11.6 Å². The summed E-state index contributed by atoms with van der Waals surface area (Å²) in [7, 11) is 0. The molecule has 0 aromatic carbocycles. The second kappa shape index (κ2) is 2.72. The van der Waals surface area contributed by atoms with Crippen LogP contribution in [0.15, 0.2) is 24.4 Å². The smallest absolute Gasteiger partial charge is 0.168 e. The highest BCUT2D eigenvalue weighted by Gasteiger charge is 2.17. The van der Waals surface area contributed by atoms with Crippen molar-refractivity contribution in [2.75, 3.05) is 0 Å². The van der Waals surface area contributed by atoms with Gasteiger partial charge in [-0.15, -0.1) is 0 Å². The minimum atomic E-state index is 0.0856. The van der Waals surface area contributed by atoms with Crippen LogP contribution in [0.4, 0.5) is 0 Å². The first kappa shape index (κ1) is 7.50. The van der Waals surface area contributed by atoms with Crippen molar-refractivity contribution in [1.29, 1.82) is 0 Å². The first-order chi connectivity index (χ1) is 5.79. The van der Waals surface area contributed by atoms with Gasteiger partial charge in [0.05, 0.1) is 10.7 Å². The molecule has 60 valence electrons. The molecule has 0 bridgehead atoms. The van der Waals surface area contributed by atoms with Gasteiger partial charge < -0.3 is 0 Å². The Morgan fingerprint density at radius 3 is 3.08 bits per heavy atom. The van der Waals surface area contributed by atoms with Gasteiger partial charge in [0.15, 0.2) is 5.78 Å². The quantitative estimate of drug-likeness (QED) is 0.612. The van der Waals surface area contributed by atoms with E-state index < -0.39 is 0 Å². The highest BCUT2D eigenvalue weighted by Crippen LogP contribution is 2.26. The number of fused-ring (bicyclic) bond motifs is 1. The molecule has 0 radical (unpaired) electrons. The van der Waals surface area contributed by atoms with Gasteiger partial charge in [-0.05, 0) is 12.1 Å². The second-order valence-corrected chi connectivity index (χ2v) is 2.99. The lowest BCUT2D eigenvalue weighted by Gasteiger charge is -2.09. The molecule has 1 aromatic rings. The molecule has 0 saturated heterocycles. The number of hydrogen-bond donors (Lipinski definition) is 0. The van der Waals surface area contributed by atoms with Gasteiger partial charge in [0.2, 0.25) is 0 Å². The van der Waals surface area contributed by atoms with Crippen LogP contribution in [0.1, 0.15) is 22.5 Å². The Labute approximate surface area is 74.9 Å². The maximum absolute atomic E-state index is 11.3. The monoisotopic (exact) mass is 179 g/mol. The van der Waals surface area contributed by atoms with E-state index in [9.17, 15) is 4.79 Å². The fourth-order valence-electron chi connectivity index (χ4n) is 1.21. The fourth-order valence-corrected chi connectivity index (χ4v) is 1.44. The van der Waals surface area contributed by atoms with Gasteiger partial charge in [-0.3, -0.25) is 9.78 Å². The molecule has 2 nitrogen and oxygen atoms in total. The standard InChI is InChI=1S/C9H6ClNO/c10-7-3-4-8(12)6-2-1-5-11-9(6)7/h1-3,5H,4H2. The SMILES string of the molecule is O=C1CC=C(Cl)c2ncccc21. The van der Waals surface area contributed by atoms with E-state index in [1.165, 1.54) is 0 Å². The molecule has 0 N–H and O–H groups in total. The summed E-state index contributed by atoms with van der Waals surface area (Å²) in [6.07, 6.45) is 3.71. The number of ketones is 1. The first-order valence-corrected chi connectivity index (χ1v) is 4.01. The van der Waals surface area contributed by atoms with Crippen LogP contribution < -0.4 is 0 Å². The summed E-state index contributed by atoms with van der Waals surface area (Å²) in [5.74, 6) is 0.0856. The molecule has 0 saturated carbocycles. The zero-order valence-electron chi connectivity index (χ0n) is 6.25. The normalized spacial score (nSPS) is 15.4. The molecule has 1 aliphatic carbocycles. The average Bonchev–Trinajstić information content (AvgIpc) is 2.12. The Kier molecular flexibility index (Phi) is 1.70. The molecule has 0 spiro atoms. The van der Waals surface area contributed by atoms with E-state index in [2.05, 4.69) is 4.98 Å². The summed E-state index contributed by atoms with van der Waals surface area (Å²) in [5.41, 5.74) is 1.24. The van der Waals surface area contributed by atoms with E-state index in [-0.39, 0.29) is 5.78 Å². The third kappa shape index (κ3) is 1.04. The van der Waals surface area contributed by atoms with Crippen LogP contribution in [-0.4, -0.2) is 10.8 Å². The summed E-state index contributed by atoms with van der Waals surface area (Å²) < 4.78 is 0. The molecular weight excluding hydrogens is 174 g/mol. The molecule has 2 rings (SSSR count). The first-order valence-electron chi connectivity index (χ1n) is 3.63. The number of nitrogens with zero attached hydrogens (tertiary/aromatic N) is 1. The van der Waals surface area contributed by atoms with Crippen LogP contribution in [0.2, 0.25) is 0 Å². The van der Waals surface area contributed by atoms with E-state index in [1.807, 2.05) is 0 Å². The van der Waals surface area contributed by atoms with Crippen LogP contribution in [0.5, 0.6) is 0 Å². The third-order valence-corrected chi connectivity index (χ3v) is 2.13. The summed E-state index contributed by atoms with van der Waals surface area (Å²) >= 11 is 5.86. The molecule has 1 heterocycles. The minimum Gasteiger partial charge on any atom is -0.294 e. The van der Waals surface area contributed by atoms with Gasteiger partial charge in [-0.1, -0.05) is 17.7 Å². The van der Waals surface area contributed by atoms with Crippen LogP contribution in [0.25, 0.3) is 5.03 Å². The van der Waals surface area contributed by atoms with Crippen molar-refractivity contribution in [3.63, 3.8) is 0 Å². The summed E-state index contributed by atoms with van der Waals surface area (Å²) in [5, 5.41) is 0.574. The second-order valence-electron chi connectivity index (χ2n) is 2.58. The Balaban J connectivity index is 2.66. The summed E-state index contributed by atoms with van der Waals surface area (Å²) in [4.78, 5) is 15.3. The molecule has 0 amide bonds. The van der Waals surface area contributed by atoms with E-state index in [0.29, 0.717) is 22.7 Å². The van der Waals surface area contributed by atoms with Crippen LogP contribution in [0, 0.1) is 0 Å². The van der Waals surface area contributed by atoms with Gasteiger partial charge in [0.25, 0.3) is 0 Å². The number of carbonyl (C=O) groups excluding carboxylic acids is 1. The van der Waals surface area contributed by atoms with Gasteiger partial charge in [-0.25, -0.2) is 0 Å². The Morgan fingerprint density at radius 2 is 2.33 bits per heavy atom. The maximum atomic E-state index is 11.3. The Morgan fingerprint density at radius 1 is 1.50 bits per heavy atom. The number of hydrogen-bond acceptors (Lipinski definition) is 2. The van der Waals surface area contributed by atoms with Gasteiger partial charge in [0.1, 0.15) is 0 Å². The molecule has 0 unspecified atom stereocenters. The Bertz CT molecular complexity index is 371. The molecule has 0 fully saturated rings. The minimum absolute atomic E-state index is 0.0856. The number of aromatic nitrogens is 1. The zero-order chi connectivity index (χ0) is 8.55. The summed E-state index contributed by atoms with van der Waals surface area (Å²) in [6, 6.07) is 3.49. The van der Waals surface area contributed by atoms with Crippen molar-refractivity contribution < 1.29 is 4.79 Å². The van der Waals surface area contributed by atoms with Crippen molar-refractivity contribution in [2.45, 2.75) is 6.42 Å². The van der Waals surface area contributed by atoms with Crippen molar-refractivity contribution >= 4 is 22.4 Å². The predicted octanol–water partition coefficient (Wildman–Crippen LogP) is 2.25. The van der Waals surface area contributed by atoms with Gasteiger partial charge in [-0.2, -0.15) is 0 Å². The lowest BCUT2D eigenvalue weighted by Crippen LogP contribution is -2.07. The van der Waals surface area contributed by atoms with E-state index in [4.69, 9.17) is 11.6 Å². The van der Waals surface area contributed by atoms with Gasteiger partial charge in [0, 0.05) is 18.2 Å². The van der Waals surface area contributed by atoms with Crippen molar-refractivity contribution in [3.8, 4) is 0 Å². The number of rotatable bonds is 0. The number of pyridine rings is 1. The topological polar surface area (TPSA) is 30.0 Å². The van der Waals surface area contributed by atoms with Crippen molar-refractivity contribution in [1.82, 2.24) is 4.98 Å². The highest BCUT2D eigenvalue weighted by atomic mass is 35.5. The molecule has 1 aromatic heterocycles. The third-order valence-electron chi connectivity index (χ3n) is 1.80. The zero-order valence-corrected chi connectivity index (χ0v) is 7.01. The molecule has 0 atom stereocenters. The molecule has 3 heteroatoms. The lowest BCUT2D eigenvalue weighted by molar-refractivity contribution is 0.0994. The van der Waals surface area contributed by atoms with Crippen LogP contribution in [-0.2, 0) is 0 Å². The number of Topliss-reactive ketones (excluding diaryl/α,β-unsaturated/α-hetero) is 1. The van der Waals surface area contributed by atoms with E-state index in [1.54, 1.807) is 24.4 Å². The van der Waals surface area contributed by atoms with Crippen LogP contribution in [0.3, 0.4) is 0 Å². The highest BCUT2D eigenvalue weighted by molar-refractivity contribution is 6.49. The molecule has 0 aliphatic heterocycles. The maximum Gasteiger partial charge on any atom is 0.168 e. The van der Waals surface area contributed by atoms with Gasteiger partial charge >= 0.3 is 0 Å². The molecular formula is C9H6ClNO. The molecule has 12 heavy (non-hydrogen) atoms. The molecule has 1 aliphatic rings.